The Kier molecular flexibility index (Phi) is 1.89. The number of hydrogen-bond acceptors (Lipinski definition) is 3. The second-order valence-electron chi connectivity index (χ2n) is 2.82. The van der Waals surface area contributed by atoms with E-state index in [2.05, 4.69) is 0 Å². The Morgan fingerprint density at radius 3 is 2.93 bits per heavy atom. The standard InChI is InChI=1S/C10H8O4/c1-13-7-3-2-6-5-14-9(10(11)12)8(6)4-7/h2-5H,1H3,(H,11,12). The molecule has 14 heavy (non-hydrogen) atoms. The highest BCUT2D eigenvalue weighted by atomic mass is 16.5. The van der Waals surface area contributed by atoms with E-state index in [-0.39, 0.29) is 5.76 Å². The number of methoxy groups -OCH3 is 1. The van der Waals surface area contributed by atoms with Gasteiger partial charge in [-0.3, -0.25) is 0 Å². The van der Waals surface area contributed by atoms with E-state index < -0.39 is 5.97 Å². The summed E-state index contributed by atoms with van der Waals surface area (Å²) >= 11 is 0. The van der Waals surface area contributed by atoms with Crippen LogP contribution in [0.25, 0.3) is 10.8 Å². The second kappa shape index (κ2) is 3.06. The molecule has 2 aromatic rings. The zero-order chi connectivity index (χ0) is 10.1. The summed E-state index contributed by atoms with van der Waals surface area (Å²) < 4.78 is 9.91. The number of benzene rings is 1. The zero-order valence-corrected chi connectivity index (χ0v) is 7.48. The van der Waals surface area contributed by atoms with E-state index in [1.807, 2.05) is 0 Å². The largest absolute Gasteiger partial charge is 0.497 e. The fourth-order valence-corrected chi connectivity index (χ4v) is 1.31. The van der Waals surface area contributed by atoms with Crippen molar-refractivity contribution in [1.82, 2.24) is 0 Å². The molecular formula is C10H8O4. The lowest BCUT2D eigenvalue weighted by molar-refractivity contribution is 0.0665. The van der Waals surface area contributed by atoms with Crippen molar-refractivity contribution >= 4 is 16.7 Å². The number of hydrogen-bond donors (Lipinski definition) is 1. The van der Waals surface area contributed by atoms with E-state index in [0.717, 1.165) is 5.39 Å². The molecule has 0 aliphatic rings. The summed E-state index contributed by atoms with van der Waals surface area (Å²) in [5.41, 5.74) is 0. The van der Waals surface area contributed by atoms with E-state index in [1.54, 1.807) is 18.2 Å². The molecule has 0 fully saturated rings. The highest BCUT2D eigenvalue weighted by Crippen LogP contribution is 2.25. The average molecular weight is 192 g/mol. The maximum Gasteiger partial charge on any atom is 0.372 e. The first-order valence-corrected chi connectivity index (χ1v) is 4.01. The van der Waals surface area contributed by atoms with Crippen molar-refractivity contribution < 1.29 is 19.1 Å². The van der Waals surface area contributed by atoms with Crippen LogP contribution in [0.4, 0.5) is 0 Å². The van der Waals surface area contributed by atoms with Crippen LogP contribution in [0.15, 0.2) is 28.9 Å². The number of rotatable bonds is 2. The number of aromatic carboxylic acids is 1. The van der Waals surface area contributed by atoms with Crippen LogP contribution in [0, 0.1) is 0 Å². The summed E-state index contributed by atoms with van der Waals surface area (Å²) in [4.78, 5) is 10.7. The first-order valence-electron chi connectivity index (χ1n) is 4.01. The first kappa shape index (κ1) is 8.62. The van der Waals surface area contributed by atoms with Crippen LogP contribution in [0.5, 0.6) is 5.75 Å². The normalized spacial score (nSPS) is 10.4. The molecule has 2 rings (SSSR count). The number of carbonyl (C=O) groups is 1. The topological polar surface area (TPSA) is 59.7 Å². The smallest absolute Gasteiger partial charge is 0.372 e. The molecule has 0 amide bonds. The molecule has 0 saturated carbocycles. The molecule has 0 bridgehead atoms. The number of fused-ring (bicyclic) bond motifs is 1. The minimum absolute atomic E-state index is 0.0566. The van der Waals surface area contributed by atoms with Crippen LogP contribution in [-0.4, -0.2) is 18.2 Å². The van der Waals surface area contributed by atoms with Crippen LogP contribution in [0.3, 0.4) is 0 Å². The van der Waals surface area contributed by atoms with Crippen molar-refractivity contribution in [2.24, 2.45) is 0 Å². The summed E-state index contributed by atoms with van der Waals surface area (Å²) in [6.07, 6.45) is 1.41. The third-order valence-corrected chi connectivity index (χ3v) is 2.00. The lowest BCUT2D eigenvalue weighted by Gasteiger charge is -1.98. The lowest BCUT2D eigenvalue weighted by Crippen LogP contribution is -1.93. The van der Waals surface area contributed by atoms with Gasteiger partial charge in [0.25, 0.3) is 0 Å². The van der Waals surface area contributed by atoms with Crippen LogP contribution in [0.1, 0.15) is 10.6 Å². The zero-order valence-electron chi connectivity index (χ0n) is 7.48. The first-order chi connectivity index (χ1) is 6.72. The summed E-state index contributed by atoms with van der Waals surface area (Å²) in [5, 5.41) is 10.1. The predicted molar refractivity (Wildman–Crippen MR) is 49.7 cm³/mol. The minimum Gasteiger partial charge on any atom is -0.497 e. The predicted octanol–water partition coefficient (Wildman–Crippen LogP) is 2.14. The van der Waals surface area contributed by atoms with Crippen molar-refractivity contribution in [3.05, 3.63) is 30.2 Å². The molecule has 0 aliphatic heterocycles. The van der Waals surface area contributed by atoms with Gasteiger partial charge in [0.15, 0.2) is 0 Å². The Bertz CT molecular complexity index is 484. The third-order valence-electron chi connectivity index (χ3n) is 2.00. The Balaban J connectivity index is 2.69. The van der Waals surface area contributed by atoms with Gasteiger partial charge in [0.1, 0.15) is 5.75 Å². The van der Waals surface area contributed by atoms with Gasteiger partial charge in [-0.05, 0) is 18.2 Å². The minimum atomic E-state index is -1.08. The summed E-state index contributed by atoms with van der Waals surface area (Å²) in [7, 11) is 1.53. The number of furan rings is 1. The van der Waals surface area contributed by atoms with Gasteiger partial charge in [-0.25, -0.2) is 4.79 Å². The molecule has 0 radical (unpaired) electrons. The summed E-state index contributed by atoms with van der Waals surface area (Å²) in [6, 6.07) is 5.15. The fraction of sp³-hybridized carbons (Fsp3) is 0.100. The Morgan fingerprint density at radius 1 is 1.50 bits per heavy atom. The monoisotopic (exact) mass is 192 g/mol. The van der Waals surface area contributed by atoms with Crippen LogP contribution in [0.2, 0.25) is 0 Å². The molecular weight excluding hydrogens is 184 g/mol. The molecule has 72 valence electrons. The molecule has 1 aromatic carbocycles. The van der Waals surface area contributed by atoms with Crippen LogP contribution < -0.4 is 4.74 Å². The number of carboxylic acid groups (broad SMARTS) is 1. The van der Waals surface area contributed by atoms with Crippen molar-refractivity contribution in [2.45, 2.75) is 0 Å². The lowest BCUT2D eigenvalue weighted by atomic mass is 10.2. The summed E-state index contributed by atoms with van der Waals surface area (Å²) in [5.74, 6) is -0.520. The quantitative estimate of drug-likeness (QED) is 0.791. The van der Waals surface area contributed by atoms with Crippen LogP contribution >= 0.6 is 0 Å². The van der Waals surface area contributed by atoms with E-state index >= 15 is 0 Å². The summed E-state index contributed by atoms with van der Waals surface area (Å²) in [6.45, 7) is 0. The highest BCUT2D eigenvalue weighted by Gasteiger charge is 2.13. The average Bonchev–Trinajstić information content (AvgIpc) is 2.59. The molecule has 0 unspecified atom stereocenters. The number of carboxylic acids is 1. The maximum atomic E-state index is 10.7. The Morgan fingerprint density at radius 2 is 2.29 bits per heavy atom. The molecule has 1 N–H and O–H groups in total. The van der Waals surface area contributed by atoms with E-state index in [4.69, 9.17) is 14.3 Å². The van der Waals surface area contributed by atoms with Gasteiger partial charge < -0.3 is 14.3 Å². The third kappa shape index (κ3) is 1.21. The van der Waals surface area contributed by atoms with Gasteiger partial charge in [-0.2, -0.15) is 0 Å². The molecule has 0 spiro atoms. The molecule has 1 aromatic heterocycles. The molecule has 4 nitrogen and oxygen atoms in total. The van der Waals surface area contributed by atoms with E-state index in [0.29, 0.717) is 11.1 Å². The SMILES string of the molecule is COc1ccc2coc(C(=O)O)c2c1. The Labute approximate surface area is 79.7 Å². The molecule has 0 saturated heterocycles. The highest BCUT2D eigenvalue weighted by molar-refractivity contribution is 6.01. The van der Waals surface area contributed by atoms with E-state index in [1.165, 1.54) is 13.4 Å². The van der Waals surface area contributed by atoms with E-state index in [9.17, 15) is 4.79 Å². The van der Waals surface area contributed by atoms with Gasteiger partial charge >= 0.3 is 5.97 Å². The van der Waals surface area contributed by atoms with Gasteiger partial charge in [-0.15, -0.1) is 0 Å². The fourth-order valence-electron chi connectivity index (χ4n) is 1.31. The second-order valence-corrected chi connectivity index (χ2v) is 2.82. The van der Waals surface area contributed by atoms with Gasteiger partial charge in [0.2, 0.25) is 5.76 Å². The molecule has 1 heterocycles. The number of ether oxygens (including phenoxy) is 1. The van der Waals surface area contributed by atoms with Gasteiger partial charge in [-0.1, -0.05) is 0 Å². The molecule has 0 aliphatic carbocycles. The van der Waals surface area contributed by atoms with Gasteiger partial charge in [0.05, 0.1) is 13.4 Å². The molecule has 4 heteroatoms. The van der Waals surface area contributed by atoms with Crippen LogP contribution in [-0.2, 0) is 0 Å². The van der Waals surface area contributed by atoms with Crippen molar-refractivity contribution in [2.75, 3.05) is 7.11 Å². The molecule has 0 atom stereocenters. The van der Waals surface area contributed by atoms with Crippen molar-refractivity contribution in [3.63, 3.8) is 0 Å². The van der Waals surface area contributed by atoms with Crippen molar-refractivity contribution in [3.8, 4) is 5.75 Å². The van der Waals surface area contributed by atoms with Crippen molar-refractivity contribution in [1.29, 1.82) is 0 Å². The maximum absolute atomic E-state index is 10.7. The van der Waals surface area contributed by atoms with Gasteiger partial charge in [0, 0.05) is 10.8 Å². The Hall–Kier alpha value is -1.97.